The van der Waals surface area contributed by atoms with Crippen LogP contribution in [0, 0.1) is 0 Å². The lowest BCUT2D eigenvalue weighted by molar-refractivity contribution is -0.142. The van der Waals surface area contributed by atoms with Gasteiger partial charge in [0.15, 0.2) is 0 Å². The fourth-order valence-electron chi connectivity index (χ4n) is 2.26. The largest absolute Gasteiger partial charge is 0.457 e. The zero-order valence-corrected chi connectivity index (χ0v) is 9.24. The first kappa shape index (κ1) is 11.1. The van der Waals surface area contributed by atoms with Gasteiger partial charge in [0.05, 0.1) is 0 Å². The van der Waals surface area contributed by atoms with Crippen molar-refractivity contribution in [2.45, 2.75) is 12.1 Å². The van der Waals surface area contributed by atoms with E-state index in [0.29, 0.717) is 0 Å². The number of alkyl halides is 3. The first-order chi connectivity index (χ1) is 8.57. The molecule has 0 atom stereocenters. The summed E-state index contributed by atoms with van der Waals surface area (Å²) in [5.74, 6) is -1.06. The molecule has 0 unspecified atom stereocenters. The predicted octanol–water partition coefficient (Wildman–Crippen LogP) is 4.49. The minimum absolute atomic E-state index is 0.170. The molecule has 1 aliphatic rings. The highest BCUT2D eigenvalue weighted by molar-refractivity contribution is 5.54. The van der Waals surface area contributed by atoms with E-state index >= 15 is 0 Å². The van der Waals surface area contributed by atoms with Crippen molar-refractivity contribution >= 4 is 0 Å². The molecular weight excluding hydrogens is 241 g/mol. The number of rotatable bonds is 0. The van der Waals surface area contributed by atoms with Crippen LogP contribution in [0.25, 0.3) is 0 Å². The molecule has 0 aromatic heterocycles. The van der Waals surface area contributed by atoms with E-state index in [9.17, 15) is 13.2 Å². The fourth-order valence-corrected chi connectivity index (χ4v) is 2.26. The summed E-state index contributed by atoms with van der Waals surface area (Å²) in [6.07, 6.45) is -4.32. The highest BCUT2D eigenvalue weighted by atomic mass is 19.4. The minimum Gasteiger partial charge on any atom is -0.457 e. The molecule has 0 saturated carbocycles. The molecule has 0 N–H and O–H groups in total. The molecule has 0 amide bonds. The third-order valence-corrected chi connectivity index (χ3v) is 3.01. The maximum Gasteiger partial charge on any atom is 0.399 e. The van der Waals surface area contributed by atoms with Gasteiger partial charge in [-0.05, 0) is 12.1 Å². The highest BCUT2D eigenvalue weighted by Gasteiger charge is 2.46. The lowest BCUT2D eigenvalue weighted by Gasteiger charge is -2.29. The second-order valence-electron chi connectivity index (χ2n) is 4.15. The van der Waals surface area contributed by atoms with E-state index in [0.717, 1.165) is 0 Å². The number of ether oxygens (including phenoxy) is 1. The summed E-state index contributed by atoms with van der Waals surface area (Å²) < 4.78 is 45.2. The number of halogens is 3. The van der Waals surface area contributed by atoms with Gasteiger partial charge in [0.2, 0.25) is 0 Å². The van der Waals surface area contributed by atoms with E-state index in [4.69, 9.17) is 4.74 Å². The second-order valence-corrected chi connectivity index (χ2v) is 4.15. The van der Waals surface area contributed by atoms with Crippen LogP contribution in [-0.2, 0) is 0 Å². The van der Waals surface area contributed by atoms with Gasteiger partial charge < -0.3 is 4.74 Å². The van der Waals surface area contributed by atoms with E-state index in [1.165, 1.54) is 12.1 Å². The Hall–Kier alpha value is -1.97. The molecule has 1 heterocycles. The topological polar surface area (TPSA) is 9.23 Å². The quantitative estimate of drug-likeness (QED) is 0.669. The summed E-state index contributed by atoms with van der Waals surface area (Å²) in [7, 11) is 0. The first-order valence-corrected chi connectivity index (χ1v) is 5.50. The normalized spacial score (nSPS) is 14.6. The van der Waals surface area contributed by atoms with Crippen molar-refractivity contribution in [2.24, 2.45) is 0 Å². The van der Waals surface area contributed by atoms with Crippen molar-refractivity contribution in [1.82, 2.24) is 0 Å². The van der Waals surface area contributed by atoms with Gasteiger partial charge in [-0.15, -0.1) is 0 Å². The molecular formula is C14H9F3O. The van der Waals surface area contributed by atoms with Crippen LogP contribution in [0.15, 0.2) is 48.5 Å². The molecule has 18 heavy (non-hydrogen) atoms. The molecule has 3 rings (SSSR count). The van der Waals surface area contributed by atoms with Gasteiger partial charge in [-0.1, -0.05) is 36.4 Å². The molecule has 2 aromatic rings. The van der Waals surface area contributed by atoms with Crippen molar-refractivity contribution in [3.8, 4) is 11.5 Å². The van der Waals surface area contributed by atoms with Crippen molar-refractivity contribution in [3.63, 3.8) is 0 Å². The van der Waals surface area contributed by atoms with Gasteiger partial charge in [-0.25, -0.2) is 0 Å². The van der Waals surface area contributed by atoms with Crippen molar-refractivity contribution in [2.75, 3.05) is 0 Å². The smallest absolute Gasteiger partial charge is 0.399 e. The maximum absolute atomic E-state index is 13.2. The average Bonchev–Trinajstić information content (AvgIpc) is 2.34. The van der Waals surface area contributed by atoms with Crippen LogP contribution in [-0.4, -0.2) is 6.18 Å². The molecule has 0 aliphatic carbocycles. The Morgan fingerprint density at radius 3 is 1.67 bits per heavy atom. The Morgan fingerprint density at radius 2 is 1.22 bits per heavy atom. The number of benzene rings is 2. The summed E-state index contributed by atoms with van der Waals surface area (Å²) in [6.45, 7) is 0. The Kier molecular flexibility index (Phi) is 2.33. The van der Waals surface area contributed by atoms with Gasteiger partial charge >= 0.3 is 6.18 Å². The molecule has 0 spiro atoms. The van der Waals surface area contributed by atoms with Gasteiger partial charge in [0.25, 0.3) is 0 Å². The molecule has 0 bridgehead atoms. The Labute approximate surface area is 102 Å². The van der Waals surface area contributed by atoms with Crippen LogP contribution in [0.3, 0.4) is 0 Å². The molecule has 2 aromatic carbocycles. The molecule has 0 radical (unpaired) electrons. The van der Waals surface area contributed by atoms with Gasteiger partial charge in [0, 0.05) is 11.1 Å². The number of para-hydroxylation sites is 2. The molecule has 4 heteroatoms. The van der Waals surface area contributed by atoms with Crippen molar-refractivity contribution in [3.05, 3.63) is 59.7 Å². The summed E-state index contributed by atoms with van der Waals surface area (Å²) in [5, 5.41) is 0. The van der Waals surface area contributed by atoms with Crippen molar-refractivity contribution in [1.29, 1.82) is 0 Å². The molecule has 0 fully saturated rings. The van der Waals surface area contributed by atoms with Crippen LogP contribution < -0.4 is 4.74 Å². The van der Waals surface area contributed by atoms with E-state index in [1.807, 2.05) is 0 Å². The standard InChI is InChI=1S/C14H9F3O/c15-14(16,17)13-9-5-1-3-7-11(9)18-12-8-4-2-6-10(12)13/h1-8,13H. The van der Waals surface area contributed by atoms with E-state index in [1.54, 1.807) is 36.4 Å². The lowest BCUT2D eigenvalue weighted by atomic mass is 9.87. The monoisotopic (exact) mass is 250 g/mol. The Balaban J connectivity index is 2.24. The Bertz CT molecular complexity index is 544. The van der Waals surface area contributed by atoms with Crippen LogP contribution in [0.1, 0.15) is 17.0 Å². The summed E-state index contributed by atoms with van der Waals surface area (Å²) >= 11 is 0. The zero-order valence-electron chi connectivity index (χ0n) is 9.24. The zero-order chi connectivity index (χ0) is 12.8. The molecule has 92 valence electrons. The number of hydrogen-bond acceptors (Lipinski definition) is 1. The van der Waals surface area contributed by atoms with Crippen LogP contribution >= 0.6 is 0 Å². The maximum atomic E-state index is 13.2. The summed E-state index contributed by atoms with van der Waals surface area (Å²) in [5.41, 5.74) is 0.340. The van der Waals surface area contributed by atoms with E-state index < -0.39 is 12.1 Å². The van der Waals surface area contributed by atoms with Crippen LogP contribution in [0.5, 0.6) is 11.5 Å². The third kappa shape index (κ3) is 1.65. The van der Waals surface area contributed by atoms with Gasteiger partial charge in [0.1, 0.15) is 17.4 Å². The van der Waals surface area contributed by atoms with Crippen LogP contribution in [0.4, 0.5) is 13.2 Å². The second kappa shape index (κ2) is 3.77. The SMILES string of the molecule is FC(F)(F)C1c2ccccc2Oc2ccccc21. The van der Waals surface area contributed by atoms with E-state index in [2.05, 4.69) is 0 Å². The molecule has 1 aliphatic heterocycles. The molecule has 0 saturated heterocycles. The fraction of sp³-hybridized carbons (Fsp3) is 0.143. The predicted molar refractivity (Wildman–Crippen MR) is 60.9 cm³/mol. The minimum atomic E-state index is -4.32. The highest BCUT2D eigenvalue weighted by Crippen LogP contribution is 2.50. The average molecular weight is 250 g/mol. The van der Waals surface area contributed by atoms with Gasteiger partial charge in [-0.3, -0.25) is 0 Å². The summed E-state index contributed by atoms with van der Waals surface area (Å²) in [4.78, 5) is 0. The first-order valence-electron chi connectivity index (χ1n) is 5.50. The Morgan fingerprint density at radius 1 is 0.778 bits per heavy atom. The van der Waals surface area contributed by atoms with Crippen molar-refractivity contribution < 1.29 is 17.9 Å². The third-order valence-electron chi connectivity index (χ3n) is 3.01. The van der Waals surface area contributed by atoms with Crippen LogP contribution in [0.2, 0.25) is 0 Å². The number of hydrogen-bond donors (Lipinski definition) is 0. The molecule has 1 nitrogen and oxygen atoms in total. The van der Waals surface area contributed by atoms with Gasteiger partial charge in [-0.2, -0.15) is 13.2 Å². The lowest BCUT2D eigenvalue weighted by Crippen LogP contribution is -2.25. The summed E-state index contributed by atoms with van der Waals surface area (Å²) in [6, 6.07) is 12.6. The number of fused-ring (bicyclic) bond motifs is 2. The van der Waals surface area contributed by atoms with E-state index in [-0.39, 0.29) is 22.6 Å².